The van der Waals surface area contributed by atoms with Crippen LogP contribution in [-0.4, -0.2) is 27.6 Å². The molecule has 0 bridgehead atoms. The maximum atomic E-state index is 6.57. The molecule has 268 valence electrons. The van der Waals surface area contributed by atoms with Crippen LogP contribution in [0.1, 0.15) is 0 Å². The van der Waals surface area contributed by atoms with Crippen LogP contribution in [0, 0.1) is 0 Å². The van der Waals surface area contributed by atoms with Crippen LogP contribution in [0.4, 0.5) is 0 Å². The second kappa shape index (κ2) is 13.4. The molecular formula is C51H34N4OSi. The average Bonchev–Trinajstić information content (AvgIpc) is 3.83. The monoisotopic (exact) mass is 746 g/mol. The minimum absolute atomic E-state index is 0.571. The summed E-state index contributed by atoms with van der Waals surface area (Å²) in [6, 6.07) is 73.2. The average molecular weight is 747 g/mol. The molecule has 0 saturated heterocycles. The van der Waals surface area contributed by atoms with Crippen LogP contribution in [0.3, 0.4) is 0 Å². The zero-order valence-electron chi connectivity index (χ0n) is 30.8. The van der Waals surface area contributed by atoms with Crippen molar-refractivity contribution in [1.29, 1.82) is 0 Å². The lowest BCUT2D eigenvalue weighted by atomic mass is 10.1. The number of hydrogen-bond donors (Lipinski definition) is 0. The molecule has 0 radical (unpaired) electrons. The predicted octanol–water partition coefficient (Wildman–Crippen LogP) is 9.58. The van der Waals surface area contributed by atoms with Gasteiger partial charge in [0.2, 0.25) is 5.95 Å². The van der Waals surface area contributed by atoms with E-state index in [-0.39, 0.29) is 0 Å². The van der Waals surface area contributed by atoms with E-state index in [1.165, 1.54) is 20.7 Å². The first-order chi connectivity index (χ1) is 28.3. The lowest BCUT2D eigenvalue weighted by Gasteiger charge is -2.34. The SMILES string of the molecule is c1ccc(-c2nc(-c3ccccc3)nc(-n3c4ccccc4c4ccc([Si](c5ccccc5)(c5ccccc5)c5ccc6c(c5)oc5ccccc56)cc43)n2)cc1. The Labute approximate surface area is 330 Å². The number of fused-ring (bicyclic) bond motifs is 6. The quantitative estimate of drug-likeness (QED) is 0.121. The van der Waals surface area contributed by atoms with Gasteiger partial charge in [0.15, 0.2) is 19.7 Å². The molecule has 6 heteroatoms. The van der Waals surface area contributed by atoms with Gasteiger partial charge in [0, 0.05) is 32.7 Å². The number of para-hydroxylation sites is 2. The van der Waals surface area contributed by atoms with Crippen LogP contribution < -0.4 is 20.7 Å². The minimum atomic E-state index is -3.01. The molecule has 0 aliphatic rings. The summed E-state index contributed by atoms with van der Waals surface area (Å²) >= 11 is 0. The third-order valence-corrected chi connectivity index (χ3v) is 16.0. The Kier molecular flexibility index (Phi) is 7.76. The summed E-state index contributed by atoms with van der Waals surface area (Å²) in [5, 5.41) is 9.56. The molecule has 0 fully saturated rings. The zero-order chi connectivity index (χ0) is 37.8. The molecule has 3 heterocycles. The van der Waals surface area contributed by atoms with Crippen molar-refractivity contribution in [3.8, 4) is 28.7 Å². The van der Waals surface area contributed by atoms with Gasteiger partial charge in [-0.15, -0.1) is 0 Å². The maximum absolute atomic E-state index is 6.57. The van der Waals surface area contributed by atoms with Gasteiger partial charge in [-0.25, -0.2) is 4.98 Å². The lowest BCUT2D eigenvalue weighted by Crippen LogP contribution is -2.74. The zero-order valence-corrected chi connectivity index (χ0v) is 31.8. The van der Waals surface area contributed by atoms with Gasteiger partial charge in [-0.1, -0.05) is 182 Å². The van der Waals surface area contributed by atoms with E-state index in [2.05, 4.69) is 168 Å². The molecule has 0 N–H and O–H groups in total. The highest BCUT2D eigenvalue weighted by atomic mass is 28.3. The Morgan fingerprint density at radius 2 is 0.825 bits per heavy atom. The standard InChI is InChI=1S/C51H34N4OSi/c1-5-17-35(18-6-1)49-52-50(36-19-7-2-8-20-36)54-51(53-49)55-45-27-15-13-25-41(45)42-31-29-39(33-46(42)55)57(37-21-9-3-10-22-37,38-23-11-4-12-24-38)40-30-32-44-43-26-14-16-28-47(43)56-48(44)34-40/h1-34H. The van der Waals surface area contributed by atoms with E-state index in [1.54, 1.807) is 0 Å². The highest BCUT2D eigenvalue weighted by Crippen LogP contribution is 2.33. The molecule has 8 aromatic carbocycles. The van der Waals surface area contributed by atoms with Crippen molar-refractivity contribution in [2.45, 2.75) is 0 Å². The van der Waals surface area contributed by atoms with Gasteiger partial charge in [0.05, 0.1) is 11.0 Å². The molecule has 11 rings (SSSR count). The topological polar surface area (TPSA) is 56.7 Å². The van der Waals surface area contributed by atoms with Gasteiger partial charge in [-0.05, 0) is 45.0 Å². The second-order valence-corrected chi connectivity index (χ2v) is 18.2. The van der Waals surface area contributed by atoms with Crippen molar-refractivity contribution in [1.82, 2.24) is 19.5 Å². The first kappa shape index (κ1) is 33.0. The van der Waals surface area contributed by atoms with Crippen LogP contribution >= 0.6 is 0 Å². The Morgan fingerprint density at radius 3 is 1.46 bits per heavy atom. The van der Waals surface area contributed by atoms with Crippen LogP contribution in [0.5, 0.6) is 0 Å². The Balaban J connectivity index is 1.23. The largest absolute Gasteiger partial charge is 0.456 e. The summed E-state index contributed by atoms with van der Waals surface area (Å²) < 4.78 is 8.80. The second-order valence-electron chi connectivity index (χ2n) is 14.4. The highest BCUT2D eigenvalue weighted by Gasteiger charge is 2.42. The smallest absolute Gasteiger partial charge is 0.238 e. The summed E-state index contributed by atoms with van der Waals surface area (Å²) in [7, 11) is -3.01. The maximum Gasteiger partial charge on any atom is 0.238 e. The molecule has 57 heavy (non-hydrogen) atoms. The lowest BCUT2D eigenvalue weighted by molar-refractivity contribution is 0.669. The first-order valence-corrected chi connectivity index (χ1v) is 21.2. The van der Waals surface area contributed by atoms with Gasteiger partial charge >= 0.3 is 0 Å². The van der Waals surface area contributed by atoms with Crippen molar-refractivity contribution >= 4 is 72.6 Å². The van der Waals surface area contributed by atoms with E-state index in [4.69, 9.17) is 19.4 Å². The minimum Gasteiger partial charge on any atom is -0.456 e. The van der Waals surface area contributed by atoms with E-state index in [9.17, 15) is 0 Å². The van der Waals surface area contributed by atoms with Gasteiger partial charge in [-0.3, -0.25) is 4.57 Å². The van der Waals surface area contributed by atoms with Crippen LogP contribution in [-0.2, 0) is 0 Å². The van der Waals surface area contributed by atoms with E-state index in [0.29, 0.717) is 17.6 Å². The van der Waals surface area contributed by atoms with Crippen molar-refractivity contribution < 1.29 is 4.42 Å². The first-order valence-electron chi connectivity index (χ1n) is 19.2. The molecule has 11 aromatic rings. The molecule has 0 amide bonds. The number of benzene rings is 8. The fourth-order valence-electron chi connectivity index (χ4n) is 8.65. The van der Waals surface area contributed by atoms with Crippen LogP contribution in [0.2, 0.25) is 0 Å². The summed E-state index contributed by atoms with van der Waals surface area (Å²) in [6.45, 7) is 0. The fraction of sp³-hybridized carbons (Fsp3) is 0. The molecular weight excluding hydrogens is 713 g/mol. The van der Waals surface area contributed by atoms with Crippen molar-refractivity contribution in [2.24, 2.45) is 0 Å². The molecule has 0 saturated carbocycles. The number of nitrogens with zero attached hydrogens (tertiary/aromatic N) is 4. The Morgan fingerprint density at radius 1 is 0.351 bits per heavy atom. The Bertz CT molecular complexity index is 3140. The molecule has 5 nitrogen and oxygen atoms in total. The molecule has 3 aromatic heterocycles. The normalized spacial score (nSPS) is 11.9. The van der Waals surface area contributed by atoms with Gasteiger partial charge < -0.3 is 4.42 Å². The number of rotatable bonds is 7. The number of furan rings is 1. The third kappa shape index (κ3) is 5.34. The van der Waals surface area contributed by atoms with Gasteiger partial charge in [-0.2, -0.15) is 9.97 Å². The van der Waals surface area contributed by atoms with Crippen molar-refractivity contribution in [2.75, 3.05) is 0 Å². The molecule has 0 unspecified atom stereocenters. The highest BCUT2D eigenvalue weighted by molar-refractivity contribution is 7.20. The summed E-state index contributed by atoms with van der Waals surface area (Å²) in [6.07, 6.45) is 0. The summed E-state index contributed by atoms with van der Waals surface area (Å²) in [5.41, 5.74) is 5.71. The van der Waals surface area contributed by atoms with Crippen molar-refractivity contribution in [3.05, 3.63) is 206 Å². The molecule has 0 aliphatic heterocycles. The summed E-state index contributed by atoms with van der Waals surface area (Å²) in [5.74, 6) is 1.82. The van der Waals surface area contributed by atoms with Crippen LogP contribution in [0.25, 0.3) is 72.5 Å². The molecule has 0 aliphatic carbocycles. The van der Waals surface area contributed by atoms with Crippen molar-refractivity contribution in [3.63, 3.8) is 0 Å². The van der Waals surface area contributed by atoms with Gasteiger partial charge in [0.1, 0.15) is 11.2 Å². The molecule has 0 spiro atoms. The predicted molar refractivity (Wildman–Crippen MR) is 236 cm³/mol. The summed E-state index contributed by atoms with van der Waals surface area (Å²) in [4.78, 5) is 15.5. The van der Waals surface area contributed by atoms with E-state index >= 15 is 0 Å². The molecule has 0 atom stereocenters. The van der Waals surface area contributed by atoms with Crippen LogP contribution in [0.15, 0.2) is 211 Å². The fourth-order valence-corrected chi connectivity index (χ4v) is 13.4. The number of aromatic nitrogens is 4. The van der Waals surface area contributed by atoms with E-state index in [1.807, 2.05) is 42.5 Å². The number of hydrogen-bond acceptors (Lipinski definition) is 4. The van der Waals surface area contributed by atoms with E-state index in [0.717, 1.165) is 54.9 Å². The Hall–Kier alpha value is -7.41. The van der Waals surface area contributed by atoms with E-state index < -0.39 is 8.07 Å². The van der Waals surface area contributed by atoms with Gasteiger partial charge in [0.25, 0.3) is 0 Å². The third-order valence-electron chi connectivity index (χ3n) is 11.2.